The van der Waals surface area contributed by atoms with E-state index >= 15 is 0 Å². The zero-order valence-corrected chi connectivity index (χ0v) is 10.8. The van der Waals surface area contributed by atoms with E-state index in [1.807, 2.05) is 0 Å². The SMILES string of the molecule is CCC/C=C(\CCC)CC(C)(C)CC. The van der Waals surface area contributed by atoms with Crippen LogP contribution in [0.5, 0.6) is 0 Å². The lowest BCUT2D eigenvalue weighted by molar-refractivity contribution is 0.343. The van der Waals surface area contributed by atoms with Crippen LogP contribution in [0, 0.1) is 5.41 Å². The van der Waals surface area contributed by atoms with Crippen LogP contribution in [0.2, 0.25) is 0 Å². The molecule has 0 radical (unpaired) electrons. The Hall–Kier alpha value is -0.260. The molecule has 0 aliphatic heterocycles. The molecule has 0 heteroatoms. The Morgan fingerprint density at radius 1 is 1.07 bits per heavy atom. The highest BCUT2D eigenvalue weighted by molar-refractivity contribution is 5.04. The van der Waals surface area contributed by atoms with Crippen molar-refractivity contribution >= 4 is 0 Å². The molecular weight excluding hydrogens is 168 g/mol. The van der Waals surface area contributed by atoms with E-state index in [1.165, 1.54) is 38.5 Å². The molecule has 0 atom stereocenters. The second-order valence-corrected chi connectivity index (χ2v) is 5.10. The quantitative estimate of drug-likeness (QED) is 0.482. The number of hydrogen-bond donors (Lipinski definition) is 0. The van der Waals surface area contributed by atoms with E-state index in [0.717, 1.165) is 0 Å². The first kappa shape index (κ1) is 13.7. The summed E-state index contributed by atoms with van der Waals surface area (Å²) in [7, 11) is 0. The van der Waals surface area contributed by atoms with Gasteiger partial charge in [-0.05, 0) is 24.7 Å². The van der Waals surface area contributed by atoms with Crippen molar-refractivity contribution in [2.24, 2.45) is 5.41 Å². The second-order valence-electron chi connectivity index (χ2n) is 5.10. The zero-order valence-electron chi connectivity index (χ0n) is 10.8. The molecule has 0 aromatic rings. The summed E-state index contributed by atoms with van der Waals surface area (Å²) in [5.41, 5.74) is 2.18. The standard InChI is InChI=1S/C14H28/c1-6-9-11-13(10-7-2)12-14(4,5)8-3/h11H,6-10,12H2,1-5H3/b13-11+. The molecule has 0 N–H and O–H groups in total. The van der Waals surface area contributed by atoms with Gasteiger partial charge in [0, 0.05) is 0 Å². The molecule has 14 heavy (non-hydrogen) atoms. The number of allylic oxidation sites excluding steroid dienone is 2. The van der Waals surface area contributed by atoms with E-state index < -0.39 is 0 Å². The number of rotatable bonds is 7. The highest BCUT2D eigenvalue weighted by Gasteiger charge is 2.16. The van der Waals surface area contributed by atoms with Gasteiger partial charge in [-0.15, -0.1) is 0 Å². The summed E-state index contributed by atoms with van der Waals surface area (Å²) in [6.45, 7) is 11.6. The lowest BCUT2D eigenvalue weighted by Gasteiger charge is -2.24. The second kappa shape index (κ2) is 7.09. The van der Waals surface area contributed by atoms with Gasteiger partial charge in [0.05, 0.1) is 0 Å². The fourth-order valence-corrected chi connectivity index (χ4v) is 1.67. The predicted octanol–water partition coefficient (Wildman–Crippen LogP) is 5.34. The zero-order chi connectivity index (χ0) is 11.0. The molecule has 0 aliphatic carbocycles. The molecule has 0 bridgehead atoms. The van der Waals surface area contributed by atoms with Gasteiger partial charge in [0.1, 0.15) is 0 Å². The van der Waals surface area contributed by atoms with Crippen LogP contribution in [0.15, 0.2) is 11.6 Å². The Labute approximate surface area is 90.8 Å². The summed E-state index contributed by atoms with van der Waals surface area (Å²) in [5, 5.41) is 0. The van der Waals surface area contributed by atoms with E-state index in [4.69, 9.17) is 0 Å². The monoisotopic (exact) mass is 196 g/mol. The molecule has 0 aliphatic rings. The van der Waals surface area contributed by atoms with Gasteiger partial charge in [-0.1, -0.05) is 65.5 Å². The molecule has 0 spiro atoms. The molecular formula is C14H28. The Morgan fingerprint density at radius 2 is 1.71 bits per heavy atom. The Balaban J connectivity index is 4.21. The van der Waals surface area contributed by atoms with Gasteiger partial charge in [0.2, 0.25) is 0 Å². The van der Waals surface area contributed by atoms with Crippen molar-refractivity contribution < 1.29 is 0 Å². The molecule has 0 nitrogen and oxygen atoms in total. The first-order valence-corrected chi connectivity index (χ1v) is 6.23. The van der Waals surface area contributed by atoms with Gasteiger partial charge < -0.3 is 0 Å². The lowest BCUT2D eigenvalue weighted by atomic mass is 9.82. The van der Waals surface area contributed by atoms with Crippen LogP contribution in [-0.4, -0.2) is 0 Å². The minimum atomic E-state index is 0.495. The maximum absolute atomic E-state index is 2.47. The first-order valence-electron chi connectivity index (χ1n) is 6.23. The van der Waals surface area contributed by atoms with Gasteiger partial charge in [-0.2, -0.15) is 0 Å². The third-order valence-electron chi connectivity index (χ3n) is 2.96. The van der Waals surface area contributed by atoms with Crippen LogP contribution in [-0.2, 0) is 0 Å². The molecule has 0 saturated carbocycles. The summed E-state index contributed by atoms with van der Waals surface area (Å²) in [4.78, 5) is 0. The average Bonchev–Trinajstić information content (AvgIpc) is 2.14. The molecule has 0 fully saturated rings. The molecule has 0 unspecified atom stereocenters. The molecule has 0 aromatic carbocycles. The average molecular weight is 196 g/mol. The van der Waals surface area contributed by atoms with Crippen molar-refractivity contribution in [1.82, 2.24) is 0 Å². The summed E-state index contributed by atoms with van der Waals surface area (Å²) in [6.07, 6.45) is 10.2. The fourth-order valence-electron chi connectivity index (χ4n) is 1.67. The highest BCUT2D eigenvalue weighted by Crippen LogP contribution is 2.30. The molecule has 0 amide bonds. The van der Waals surface area contributed by atoms with Crippen molar-refractivity contribution in [3.63, 3.8) is 0 Å². The summed E-state index contributed by atoms with van der Waals surface area (Å²) in [5.74, 6) is 0. The summed E-state index contributed by atoms with van der Waals surface area (Å²) >= 11 is 0. The van der Waals surface area contributed by atoms with Gasteiger partial charge in [0.25, 0.3) is 0 Å². The van der Waals surface area contributed by atoms with E-state index in [0.29, 0.717) is 5.41 Å². The third kappa shape index (κ3) is 6.23. The summed E-state index contributed by atoms with van der Waals surface area (Å²) < 4.78 is 0. The minimum Gasteiger partial charge on any atom is -0.0853 e. The predicted molar refractivity (Wildman–Crippen MR) is 66.6 cm³/mol. The first-order chi connectivity index (χ1) is 6.55. The van der Waals surface area contributed by atoms with Crippen LogP contribution < -0.4 is 0 Å². The van der Waals surface area contributed by atoms with E-state index in [-0.39, 0.29) is 0 Å². The Kier molecular flexibility index (Phi) is 6.96. The molecule has 84 valence electrons. The van der Waals surface area contributed by atoms with E-state index in [1.54, 1.807) is 5.57 Å². The van der Waals surface area contributed by atoms with Gasteiger partial charge in [0.15, 0.2) is 0 Å². The van der Waals surface area contributed by atoms with E-state index in [2.05, 4.69) is 40.7 Å². The maximum Gasteiger partial charge on any atom is -0.0269 e. The topological polar surface area (TPSA) is 0 Å². The lowest BCUT2D eigenvalue weighted by Crippen LogP contribution is -2.10. The maximum atomic E-state index is 2.47. The van der Waals surface area contributed by atoms with E-state index in [9.17, 15) is 0 Å². The largest absolute Gasteiger partial charge is 0.0853 e. The highest BCUT2D eigenvalue weighted by atomic mass is 14.2. The third-order valence-corrected chi connectivity index (χ3v) is 2.96. The number of unbranched alkanes of at least 4 members (excludes halogenated alkanes) is 1. The minimum absolute atomic E-state index is 0.495. The Bertz CT molecular complexity index is 163. The van der Waals surface area contributed by atoms with Crippen molar-refractivity contribution in [2.45, 2.75) is 73.1 Å². The Morgan fingerprint density at radius 3 is 2.14 bits per heavy atom. The molecule has 0 aromatic heterocycles. The van der Waals surface area contributed by atoms with Crippen molar-refractivity contribution in [3.8, 4) is 0 Å². The van der Waals surface area contributed by atoms with Crippen molar-refractivity contribution in [2.75, 3.05) is 0 Å². The van der Waals surface area contributed by atoms with Gasteiger partial charge >= 0.3 is 0 Å². The van der Waals surface area contributed by atoms with Crippen LogP contribution in [0.1, 0.15) is 73.1 Å². The molecule has 0 rings (SSSR count). The normalized spacial score (nSPS) is 13.4. The van der Waals surface area contributed by atoms with Gasteiger partial charge in [-0.3, -0.25) is 0 Å². The van der Waals surface area contributed by atoms with Gasteiger partial charge in [-0.25, -0.2) is 0 Å². The molecule has 0 heterocycles. The van der Waals surface area contributed by atoms with Crippen molar-refractivity contribution in [1.29, 1.82) is 0 Å². The van der Waals surface area contributed by atoms with Crippen LogP contribution in [0.3, 0.4) is 0 Å². The van der Waals surface area contributed by atoms with Crippen LogP contribution in [0.25, 0.3) is 0 Å². The van der Waals surface area contributed by atoms with Crippen LogP contribution in [0.4, 0.5) is 0 Å². The van der Waals surface area contributed by atoms with Crippen molar-refractivity contribution in [3.05, 3.63) is 11.6 Å². The number of hydrogen-bond acceptors (Lipinski definition) is 0. The summed E-state index contributed by atoms with van der Waals surface area (Å²) in [6, 6.07) is 0. The smallest absolute Gasteiger partial charge is 0.0269 e. The molecule has 0 saturated heterocycles. The van der Waals surface area contributed by atoms with Crippen LogP contribution >= 0.6 is 0 Å². The fraction of sp³-hybridized carbons (Fsp3) is 0.857.